The molecule has 0 aromatic rings. The molecule has 96 valence electrons. The fourth-order valence-electron chi connectivity index (χ4n) is 3.58. The van der Waals surface area contributed by atoms with Gasteiger partial charge in [0.2, 0.25) is 6.29 Å². The molecule has 4 heteroatoms. The van der Waals surface area contributed by atoms with Crippen LogP contribution in [-0.4, -0.2) is 24.4 Å². The molecule has 17 heavy (non-hydrogen) atoms. The van der Waals surface area contributed by atoms with Crippen LogP contribution >= 0.6 is 0 Å². The van der Waals surface area contributed by atoms with Gasteiger partial charge in [-0.1, -0.05) is 0 Å². The van der Waals surface area contributed by atoms with Gasteiger partial charge in [-0.05, 0) is 44.9 Å². The molecule has 1 aliphatic heterocycles. The van der Waals surface area contributed by atoms with E-state index in [4.69, 9.17) is 15.2 Å². The minimum atomic E-state index is -0.306. The molecule has 0 aromatic carbocycles. The molecule has 0 aromatic heterocycles. The van der Waals surface area contributed by atoms with Crippen molar-refractivity contribution in [1.29, 1.82) is 0 Å². The molecule has 0 amide bonds. The first kappa shape index (κ1) is 11.5. The molecule has 3 rings (SSSR count). The van der Waals surface area contributed by atoms with Crippen LogP contribution in [0.3, 0.4) is 0 Å². The number of fused-ring (bicyclic) bond motifs is 2. The van der Waals surface area contributed by atoms with Gasteiger partial charge in [-0.3, -0.25) is 4.79 Å². The van der Waals surface area contributed by atoms with Gasteiger partial charge in [0, 0.05) is 12.0 Å². The maximum atomic E-state index is 12.3. The molecule has 4 nitrogen and oxygen atoms in total. The zero-order chi connectivity index (χ0) is 11.9. The largest absolute Gasteiger partial charge is 0.435 e. The third-order valence-corrected chi connectivity index (χ3v) is 4.70. The van der Waals surface area contributed by atoms with Crippen LogP contribution in [0.4, 0.5) is 0 Å². The van der Waals surface area contributed by atoms with E-state index in [2.05, 4.69) is 0 Å². The monoisotopic (exact) mass is 239 g/mol. The summed E-state index contributed by atoms with van der Waals surface area (Å²) < 4.78 is 11.0. The zero-order valence-corrected chi connectivity index (χ0v) is 10.2. The van der Waals surface area contributed by atoms with Gasteiger partial charge < -0.3 is 15.2 Å². The van der Waals surface area contributed by atoms with Gasteiger partial charge in [-0.25, -0.2) is 0 Å². The van der Waals surface area contributed by atoms with Gasteiger partial charge >= 0.3 is 5.97 Å². The lowest BCUT2D eigenvalue weighted by atomic mass is 9.84. The number of hydrogen-bond acceptors (Lipinski definition) is 4. The molecule has 3 fully saturated rings. The average molecular weight is 239 g/mol. The number of nitrogens with two attached hydrogens (primary N) is 1. The van der Waals surface area contributed by atoms with Crippen molar-refractivity contribution in [3.8, 4) is 0 Å². The van der Waals surface area contributed by atoms with E-state index in [1.165, 1.54) is 0 Å². The quantitative estimate of drug-likeness (QED) is 0.745. The summed E-state index contributed by atoms with van der Waals surface area (Å²) in [7, 11) is 0. The van der Waals surface area contributed by atoms with Crippen molar-refractivity contribution < 1.29 is 14.3 Å². The van der Waals surface area contributed by atoms with Crippen LogP contribution in [0.5, 0.6) is 0 Å². The molecular formula is C13H21NO3. The highest BCUT2D eigenvalue weighted by Gasteiger charge is 2.57. The Balaban J connectivity index is 1.62. The normalized spacial score (nSPS) is 44.9. The van der Waals surface area contributed by atoms with Gasteiger partial charge in [-0.2, -0.15) is 0 Å². The molecule has 2 aliphatic carbocycles. The van der Waals surface area contributed by atoms with Crippen LogP contribution < -0.4 is 5.73 Å². The topological polar surface area (TPSA) is 61.6 Å². The second-order valence-corrected chi connectivity index (χ2v) is 6.02. The molecule has 0 radical (unpaired) electrons. The van der Waals surface area contributed by atoms with Crippen LogP contribution in [0.15, 0.2) is 0 Å². The molecule has 2 N–H and O–H groups in total. The Labute approximate surface area is 102 Å². The highest BCUT2D eigenvalue weighted by atomic mass is 16.7. The third kappa shape index (κ3) is 1.97. The van der Waals surface area contributed by atoms with Crippen LogP contribution in [0.25, 0.3) is 0 Å². The van der Waals surface area contributed by atoms with Crippen LogP contribution in [0, 0.1) is 5.41 Å². The Morgan fingerprint density at radius 3 is 2.53 bits per heavy atom. The summed E-state index contributed by atoms with van der Waals surface area (Å²) >= 11 is 0. The Morgan fingerprint density at radius 2 is 2.00 bits per heavy atom. The van der Waals surface area contributed by atoms with E-state index in [0.29, 0.717) is 6.61 Å². The molecule has 1 saturated heterocycles. The Kier molecular flexibility index (Phi) is 2.67. The molecule has 1 heterocycles. The summed E-state index contributed by atoms with van der Waals surface area (Å²) in [5, 5.41) is 0. The predicted octanol–water partition coefficient (Wildman–Crippen LogP) is 1.72. The standard InChI is InChI=1S/C13H21NO3/c14-13-6-4-12(9-13,5-7-13)11(15)17-10-3-1-2-8-16-10/h10H,1-9,14H2. The molecule has 2 saturated carbocycles. The van der Waals surface area contributed by atoms with Gasteiger partial charge in [0.25, 0.3) is 0 Å². The third-order valence-electron chi connectivity index (χ3n) is 4.70. The van der Waals surface area contributed by atoms with Crippen molar-refractivity contribution in [3.63, 3.8) is 0 Å². The minimum Gasteiger partial charge on any atom is -0.435 e. The van der Waals surface area contributed by atoms with Gasteiger partial charge in [0.05, 0.1) is 12.0 Å². The van der Waals surface area contributed by atoms with E-state index in [0.717, 1.165) is 51.4 Å². The average Bonchev–Trinajstić information content (AvgIpc) is 2.85. The summed E-state index contributed by atoms with van der Waals surface area (Å²) in [5.41, 5.74) is 5.84. The lowest BCUT2D eigenvalue weighted by Gasteiger charge is -2.29. The van der Waals surface area contributed by atoms with Gasteiger partial charge in [0.15, 0.2) is 0 Å². The van der Waals surface area contributed by atoms with Crippen LogP contribution in [0.2, 0.25) is 0 Å². The first-order valence-electron chi connectivity index (χ1n) is 6.74. The smallest absolute Gasteiger partial charge is 0.314 e. The maximum Gasteiger partial charge on any atom is 0.314 e. The second-order valence-electron chi connectivity index (χ2n) is 6.02. The first-order chi connectivity index (χ1) is 8.12. The number of rotatable bonds is 2. The van der Waals surface area contributed by atoms with Crippen molar-refractivity contribution in [1.82, 2.24) is 0 Å². The summed E-state index contributed by atoms with van der Waals surface area (Å²) in [6.07, 6.45) is 7.24. The Bertz CT molecular complexity index is 315. The van der Waals surface area contributed by atoms with E-state index < -0.39 is 0 Å². The molecule has 3 aliphatic rings. The van der Waals surface area contributed by atoms with Gasteiger partial charge in [-0.15, -0.1) is 0 Å². The number of ether oxygens (including phenoxy) is 2. The van der Waals surface area contributed by atoms with Crippen molar-refractivity contribution in [2.45, 2.75) is 63.2 Å². The molecule has 2 bridgehead atoms. The summed E-state index contributed by atoms with van der Waals surface area (Å²) in [6, 6.07) is 0. The molecular weight excluding hydrogens is 218 g/mol. The zero-order valence-electron chi connectivity index (χ0n) is 10.2. The number of carbonyl (C=O) groups is 1. The van der Waals surface area contributed by atoms with Crippen molar-refractivity contribution in [2.24, 2.45) is 11.1 Å². The Hall–Kier alpha value is -0.610. The van der Waals surface area contributed by atoms with Crippen molar-refractivity contribution in [2.75, 3.05) is 6.61 Å². The van der Waals surface area contributed by atoms with E-state index in [1.54, 1.807) is 0 Å². The van der Waals surface area contributed by atoms with E-state index in [-0.39, 0.29) is 23.2 Å². The predicted molar refractivity (Wildman–Crippen MR) is 62.1 cm³/mol. The first-order valence-corrected chi connectivity index (χ1v) is 6.74. The minimum absolute atomic E-state index is 0.0609. The van der Waals surface area contributed by atoms with Crippen molar-refractivity contribution >= 4 is 5.97 Å². The fourth-order valence-corrected chi connectivity index (χ4v) is 3.58. The van der Waals surface area contributed by atoms with Crippen molar-refractivity contribution in [3.05, 3.63) is 0 Å². The van der Waals surface area contributed by atoms with Crippen LogP contribution in [-0.2, 0) is 14.3 Å². The summed E-state index contributed by atoms with van der Waals surface area (Å²) in [4.78, 5) is 12.3. The lowest BCUT2D eigenvalue weighted by Crippen LogP contribution is -2.34. The maximum absolute atomic E-state index is 12.3. The molecule has 1 unspecified atom stereocenters. The second kappa shape index (κ2) is 3.95. The fraction of sp³-hybridized carbons (Fsp3) is 0.923. The van der Waals surface area contributed by atoms with E-state index in [1.807, 2.05) is 0 Å². The van der Waals surface area contributed by atoms with Gasteiger partial charge in [0.1, 0.15) is 0 Å². The Morgan fingerprint density at radius 1 is 1.24 bits per heavy atom. The molecule has 1 atom stereocenters. The van der Waals surface area contributed by atoms with E-state index >= 15 is 0 Å². The highest BCUT2D eigenvalue weighted by molar-refractivity contribution is 5.78. The number of esters is 1. The molecule has 0 spiro atoms. The number of carbonyl (C=O) groups excluding carboxylic acids is 1. The summed E-state index contributed by atoms with van der Waals surface area (Å²) in [5.74, 6) is -0.0609. The van der Waals surface area contributed by atoms with Crippen LogP contribution in [0.1, 0.15) is 51.4 Å². The SMILES string of the molecule is NC12CCC(C(=O)OC3CCCCO3)(CC1)C2. The lowest BCUT2D eigenvalue weighted by molar-refractivity contribution is -0.197. The summed E-state index contributed by atoms with van der Waals surface area (Å²) in [6.45, 7) is 0.714. The number of hydrogen-bond donors (Lipinski definition) is 1. The van der Waals surface area contributed by atoms with E-state index in [9.17, 15) is 4.79 Å². The highest BCUT2D eigenvalue weighted by Crippen LogP contribution is 2.56.